The molecular weight excluding hydrogens is 431 g/mol. The minimum atomic E-state index is -4.64. The molecule has 0 spiro atoms. The van der Waals surface area contributed by atoms with E-state index in [0.29, 0.717) is 10.6 Å². The number of fused-ring (bicyclic) bond motifs is 1. The van der Waals surface area contributed by atoms with Gasteiger partial charge in [0.05, 0.1) is 21.8 Å². The summed E-state index contributed by atoms with van der Waals surface area (Å²) >= 11 is 2.15. The highest BCUT2D eigenvalue weighted by atomic mass is 32.1. The van der Waals surface area contributed by atoms with Gasteiger partial charge in [0, 0.05) is 11.1 Å². The largest absolute Gasteiger partial charge is 0.417 e. The molecule has 0 aliphatic heterocycles. The lowest BCUT2D eigenvalue weighted by atomic mass is 10.1. The summed E-state index contributed by atoms with van der Waals surface area (Å²) in [6.07, 6.45) is -4.64. The number of nitrogen functional groups attached to an aromatic ring is 1. The number of hydrogen-bond donors (Lipinski definition) is 2. The molecule has 0 aliphatic carbocycles. The standard InChI is InChI=1S/C21H16F3N3OS2/c1-10-5-3-6-13(11(10)2)26-19(28)18-17(25)16-12(21(22,23)24)9-14(27-20(16)30-18)15-7-4-8-29-15/h3-9H,25H2,1-2H3,(H,26,28). The number of nitrogens with two attached hydrogens (primary N) is 1. The Balaban J connectivity index is 1.85. The number of carbonyl (C=O) groups is 1. The van der Waals surface area contributed by atoms with Gasteiger partial charge in [-0.25, -0.2) is 4.98 Å². The van der Waals surface area contributed by atoms with Crippen LogP contribution in [0, 0.1) is 13.8 Å². The summed E-state index contributed by atoms with van der Waals surface area (Å²) in [6, 6.07) is 9.87. The molecule has 4 nitrogen and oxygen atoms in total. The smallest absolute Gasteiger partial charge is 0.397 e. The van der Waals surface area contributed by atoms with Crippen molar-refractivity contribution in [2.45, 2.75) is 20.0 Å². The van der Waals surface area contributed by atoms with Crippen LogP contribution in [0.25, 0.3) is 20.8 Å². The highest BCUT2D eigenvalue weighted by molar-refractivity contribution is 7.21. The lowest BCUT2D eigenvalue weighted by Gasteiger charge is -2.11. The Labute approximate surface area is 178 Å². The number of nitrogens with one attached hydrogen (secondary N) is 1. The van der Waals surface area contributed by atoms with Crippen molar-refractivity contribution >= 4 is 50.2 Å². The highest BCUT2D eigenvalue weighted by Crippen LogP contribution is 2.44. The molecule has 0 aliphatic rings. The Kier molecular flexibility index (Phi) is 5.03. The second-order valence-electron chi connectivity index (χ2n) is 6.76. The molecule has 9 heteroatoms. The number of amides is 1. The van der Waals surface area contributed by atoms with E-state index in [-0.39, 0.29) is 26.5 Å². The van der Waals surface area contributed by atoms with Crippen LogP contribution in [0.1, 0.15) is 26.4 Å². The molecule has 3 N–H and O–H groups in total. The summed E-state index contributed by atoms with van der Waals surface area (Å²) in [5, 5.41) is 4.28. The van der Waals surface area contributed by atoms with Gasteiger partial charge in [-0.05, 0) is 48.6 Å². The van der Waals surface area contributed by atoms with Crippen molar-refractivity contribution in [2.24, 2.45) is 0 Å². The van der Waals surface area contributed by atoms with E-state index in [1.807, 2.05) is 19.9 Å². The Morgan fingerprint density at radius 2 is 1.93 bits per heavy atom. The monoisotopic (exact) mass is 447 g/mol. The van der Waals surface area contributed by atoms with Crippen LogP contribution in [0.2, 0.25) is 0 Å². The molecule has 4 rings (SSSR count). The third kappa shape index (κ3) is 3.54. The number of rotatable bonds is 3. The van der Waals surface area contributed by atoms with Crippen LogP contribution in [0.5, 0.6) is 0 Å². The summed E-state index contributed by atoms with van der Waals surface area (Å²) in [7, 11) is 0. The van der Waals surface area contributed by atoms with Gasteiger partial charge >= 0.3 is 6.18 Å². The SMILES string of the molecule is Cc1cccc(NC(=O)c2sc3nc(-c4cccs4)cc(C(F)(F)F)c3c2N)c1C. The fourth-order valence-electron chi connectivity index (χ4n) is 3.13. The molecule has 0 unspecified atom stereocenters. The van der Waals surface area contributed by atoms with E-state index in [0.717, 1.165) is 28.5 Å². The van der Waals surface area contributed by atoms with Crippen LogP contribution in [-0.2, 0) is 6.18 Å². The molecule has 1 aromatic carbocycles. The van der Waals surface area contributed by atoms with Crippen molar-refractivity contribution in [3.05, 3.63) is 63.3 Å². The fraction of sp³-hybridized carbons (Fsp3) is 0.143. The van der Waals surface area contributed by atoms with E-state index in [1.54, 1.807) is 29.6 Å². The zero-order valence-electron chi connectivity index (χ0n) is 15.9. The fourth-order valence-corrected chi connectivity index (χ4v) is 4.83. The Bertz CT molecular complexity index is 1260. The van der Waals surface area contributed by atoms with E-state index < -0.39 is 17.6 Å². The molecule has 0 radical (unpaired) electrons. The van der Waals surface area contributed by atoms with Crippen molar-refractivity contribution in [3.8, 4) is 10.6 Å². The molecule has 30 heavy (non-hydrogen) atoms. The van der Waals surface area contributed by atoms with Gasteiger partial charge in [0.1, 0.15) is 9.71 Å². The first-order valence-corrected chi connectivity index (χ1v) is 10.6. The molecule has 3 aromatic heterocycles. The van der Waals surface area contributed by atoms with E-state index in [9.17, 15) is 18.0 Å². The maximum absolute atomic E-state index is 13.8. The van der Waals surface area contributed by atoms with Crippen LogP contribution in [-0.4, -0.2) is 10.9 Å². The molecule has 0 saturated carbocycles. The van der Waals surface area contributed by atoms with Crippen molar-refractivity contribution in [1.29, 1.82) is 0 Å². The number of aryl methyl sites for hydroxylation is 1. The number of aromatic nitrogens is 1. The average Bonchev–Trinajstić information content (AvgIpc) is 3.32. The average molecular weight is 448 g/mol. The first-order chi connectivity index (χ1) is 14.2. The summed E-state index contributed by atoms with van der Waals surface area (Å²) in [5.41, 5.74) is 7.58. The number of anilines is 2. The van der Waals surface area contributed by atoms with Gasteiger partial charge in [-0.15, -0.1) is 22.7 Å². The van der Waals surface area contributed by atoms with E-state index in [4.69, 9.17) is 5.73 Å². The topological polar surface area (TPSA) is 68.0 Å². The molecule has 0 atom stereocenters. The van der Waals surface area contributed by atoms with Crippen LogP contribution in [0.15, 0.2) is 41.8 Å². The Morgan fingerprint density at radius 3 is 2.60 bits per heavy atom. The number of carbonyl (C=O) groups excluding carboxylic acids is 1. The number of benzene rings is 1. The Morgan fingerprint density at radius 1 is 1.17 bits per heavy atom. The second kappa shape index (κ2) is 7.41. The van der Waals surface area contributed by atoms with Gasteiger partial charge in [0.25, 0.3) is 5.91 Å². The number of pyridine rings is 1. The van der Waals surface area contributed by atoms with Crippen molar-refractivity contribution in [1.82, 2.24) is 4.98 Å². The molecule has 4 aromatic rings. The zero-order valence-corrected chi connectivity index (χ0v) is 17.6. The number of alkyl halides is 3. The number of nitrogens with zero attached hydrogens (tertiary/aromatic N) is 1. The normalized spacial score (nSPS) is 11.8. The number of hydrogen-bond acceptors (Lipinski definition) is 5. The summed E-state index contributed by atoms with van der Waals surface area (Å²) in [5.74, 6) is -0.560. The lowest BCUT2D eigenvalue weighted by Crippen LogP contribution is -2.13. The third-order valence-corrected chi connectivity index (χ3v) is 6.83. The first-order valence-electron chi connectivity index (χ1n) is 8.88. The van der Waals surface area contributed by atoms with Crippen molar-refractivity contribution < 1.29 is 18.0 Å². The van der Waals surface area contributed by atoms with E-state index in [2.05, 4.69) is 10.3 Å². The van der Waals surface area contributed by atoms with Gasteiger partial charge in [-0.3, -0.25) is 4.79 Å². The quantitative estimate of drug-likeness (QED) is 0.377. The highest BCUT2D eigenvalue weighted by Gasteiger charge is 2.36. The van der Waals surface area contributed by atoms with Gasteiger partial charge < -0.3 is 11.1 Å². The number of thiophene rings is 2. The van der Waals surface area contributed by atoms with Gasteiger partial charge in [-0.1, -0.05) is 18.2 Å². The van der Waals surface area contributed by atoms with Crippen molar-refractivity contribution in [2.75, 3.05) is 11.1 Å². The predicted octanol–water partition coefficient (Wildman–Crippen LogP) is 6.49. The second-order valence-corrected chi connectivity index (χ2v) is 8.70. The maximum Gasteiger partial charge on any atom is 0.417 e. The minimum Gasteiger partial charge on any atom is -0.397 e. The van der Waals surface area contributed by atoms with Gasteiger partial charge in [-0.2, -0.15) is 13.2 Å². The van der Waals surface area contributed by atoms with Crippen LogP contribution < -0.4 is 11.1 Å². The first kappa shape index (κ1) is 20.4. The van der Waals surface area contributed by atoms with Gasteiger partial charge in [0.15, 0.2) is 0 Å². The van der Waals surface area contributed by atoms with Crippen LogP contribution >= 0.6 is 22.7 Å². The Hall–Kier alpha value is -2.91. The molecule has 0 bridgehead atoms. The molecule has 3 heterocycles. The molecule has 0 saturated heterocycles. The summed E-state index contributed by atoms with van der Waals surface area (Å²) in [4.78, 5) is 17.9. The molecule has 154 valence electrons. The van der Waals surface area contributed by atoms with Crippen molar-refractivity contribution in [3.63, 3.8) is 0 Å². The van der Waals surface area contributed by atoms with E-state index in [1.165, 1.54) is 11.3 Å². The molecule has 1 amide bonds. The maximum atomic E-state index is 13.8. The third-order valence-electron chi connectivity index (χ3n) is 4.84. The lowest BCUT2D eigenvalue weighted by molar-refractivity contribution is -0.136. The van der Waals surface area contributed by atoms with Gasteiger partial charge in [0.2, 0.25) is 0 Å². The minimum absolute atomic E-state index is 0.00670. The predicted molar refractivity (Wildman–Crippen MR) is 116 cm³/mol. The summed E-state index contributed by atoms with van der Waals surface area (Å²) < 4.78 is 41.4. The van der Waals surface area contributed by atoms with E-state index >= 15 is 0 Å². The van der Waals surface area contributed by atoms with Crippen LogP contribution in [0.3, 0.4) is 0 Å². The summed E-state index contributed by atoms with van der Waals surface area (Å²) in [6.45, 7) is 3.76. The molecular formula is C21H16F3N3OS2. The molecule has 0 fully saturated rings. The zero-order chi connectivity index (χ0) is 21.6. The van der Waals surface area contributed by atoms with Crippen LogP contribution in [0.4, 0.5) is 24.5 Å². The number of halogens is 3.